The average molecular weight is 250 g/mol. The molecule has 0 amide bonds. The van der Waals surface area contributed by atoms with E-state index in [1.807, 2.05) is 0 Å². The largest absolute Gasteiger partial charge is 0.389 e. The van der Waals surface area contributed by atoms with E-state index in [1.54, 1.807) is 0 Å². The number of nitrogens with two attached hydrogens (primary N) is 1. The number of piperidine rings is 1. The third-order valence-corrected chi connectivity index (χ3v) is 4.05. The maximum Gasteiger partial charge on any atom is 0.389 e. The molecule has 0 aromatic carbocycles. The minimum atomic E-state index is -4.00. The smallest absolute Gasteiger partial charge is 0.328 e. The molecule has 2 heterocycles. The van der Waals surface area contributed by atoms with Gasteiger partial charge < -0.3 is 5.73 Å². The second-order valence-corrected chi connectivity index (χ2v) is 5.43. The molecule has 17 heavy (non-hydrogen) atoms. The van der Waals surface area contributed by atoms with E-state index in [0.717, 1.165) is 19.4 Å². The van der Waals surface area contributed by atoms with E-state index in [9.17, 15) is 13.2 Å². The summed E-state index contributed by atoms with van der Waals surface area (Å²) in [5, 5.41) is 0. The van der Waals surface area contributed by atoms with E-state index in [2.05, 4.69) is 4.90 Å². The predicted molar refractivity (Wildman–Crippen MR) is 60.6 cm³/mol. The molecule has 0 aliphatic carbocycles. The molecule has 2 rings (SSSR count). The van der Waals surface area contributed by atoms with E-state index in [1.165, 1.54) is 12.8 Å². The highest BCUT2D eigenvalue weighted by Gasteiger charge is 2.39. The number of rotatable bonds is 4. The second-order valence-electron chi connectivity index (χ2n) is 5.43. The first-order valence-electron chi connectivity index (χ1n) is 6.54. The summed E-state index contributed by atoms with van der Waals surface area (Å²) < 4.78 is 36.0. The normalized spacial score (nSPS) is 34.2. The third kappa shape index (κ3) is 3.58. The van der Waals surface area contributed by atoms with Crippen molar-refractivity contribution in [3.63, 3.8) is 0 Å². The number of alkyl halides is 3. The van der Waals surface area contributed by atoms with Crippen molar-refractivity contribution in [2.45, 2.75) is 69.2 Å². The van der Waals surface area contributed by atoms with E-state index in [4.69, 9.17) is 5.73 Å². The van der Waals surface area contributed by atoms with Crippen LogP contribution in [0.15, 0.2) is 0 Å². The Balaban J connectivity index is 1.70. The van der Waals surface area contributed by atoms with Gasteiger partial charge in [-0.25, -0.2) is 0 Å². The van der Waals surface area contributed by atoms with E-state index < -0.39 is 12.6 Å². The van der Waals surface area contributed by atoms with E-state index >= 15 is 0 Å². The first-order chi connectivity index (χ1) is 7.96. The van der Waals surface area contributed by atoms with Gasteiger partial charge in [-0.3, -0.25) is 4.90 Å². The molecule has 0 spiro atoms. The van der Waals surface area contributed by atoms with Crippen LogP contribution in [0.5, 0.6) is 0 Å². The lowest BCUT2D eigenvalue weighted by Gasteiger charge is -2.37. The fraction of sp³-hybridized carbons (Fsp3) is 1.00. The van der Waals surface area contributed by atoms with Crippen LogP contribution in [0.3, 0.4) is 0 Å². The monoisotopic (exact) mass is 250 g/mol. The van der Waals surface area contributed by atoms with Gasteiger partial charge in [-0.05, 0) is 45.1 Å². The van der Waals surface area contributed by atoms with Crippen LogP contribution in [0.1, 0.15) is 44.9 Å². The lowest BCUT2D eigenvalue weighted by Crippen LogP contribution is -2.47. The molecule has 2 saturated heterocycles. The van der Waals surface area contributed by atoms with Crippen LogP contribution in [0, 0.1) is 0 Å². The molecule has 2 atom stereocenters. The summed E-state index contributed by atoms with van der Waals surface area (Å²) >= 11 is 0. The van der Waals surface area contributed by atoms with Gasteiger partial charge in [0.05, 0.1) is 0 Å². The molecule has 2 bridgehead atoms. The first-order valence-corrected chi connectivity index (χ1v) is 6.54. The Morgan fingerprint density at radius 1 is 1.06 bits per heavy atom. The molecule has 100 valence electrons. The van der Waals surface area contributed by atoms with Crippen molar-refractivity contribution < 1.29 is 13.2 Å². The van der Waals surface area contributed by atoms with Crippen LogP contribution < -0.4 is 5.73 Å². The van der Waals surface area contributed by atoms with Crippen molar-refractivity contribution in [2.24, 2.45) is 5.73 Å². The Morgan fingerprint density at radius 2 is 1.65 bits per heavy atom. The van der Waals surface area contributed by atoms with Crippen molar-refractivity contribution in [1.29, 1.82) is 0 Å². The maximum absolute atomic E-state index is 12.0. The molecule has 2 nitrogen and oxygen atoms in total. The summed E-state index contributed by atoms with van der Waals surface area (Å²) in [6.45, 7) is 0.818. The summed E-state index contributed by atoms with van der Waals surface area (Å²) in [5.41, 5.74) is 5.95. The number of hydrogen-bond acceptors (Lipinski definition) is 2. The van der Waals surface area contributed by atoms with Gasteiger partial charge in [-0.2, -0.15) is 13.2 Å². The average Bonchev–Trinajstić information content (AvgIpc) is 2.44. The molecular formula is C12H21F3N2. The van der Waals surface area contributed by atoms with Gasteiger partial charge >= 0.3 is 6.18 Å². The molecule has 2 unspecified atom stereocenters. The quantitative estimate of drug-likeness (QED) is 0.777. The van der Waals surface area contributed by atoms with Gasteiger partial charge in [0.25, 0.3) is 0 Å². The minimum absolute atomic E-state index is 0.255. The number of halogens is 3. The van der Waals surface area contributed by atoms with Crippen molar-refractivity contribution >= 4 is 0 Å². The highest BCUT2D eigenvalue weighted by atomic mass is 19.4. The van der Waals surface area contributed by atoms with Gasteiger partial charge in [0.1, 0.15) is 0 Å². The van der Waals surface area contributed by atoms with Crippen LogP contribution in [-0.2, 0) is 0 Å². The summed E-state index contributed by atoms with van der Waals surface area (Å²) in [6.07, 6.45) is 0.674. The van der Waals surface area contributed by atoms with Gasteiger partial charge in [-0.15, -0.1) is 0 Å². The van der Waals surface area contributed by atoms with Gasteiger partial charge in [-0.1, -0.05) is 0 Å². The fourth-order valence-electron chi connectivity index (χ4n) is 3.30. The molecule has 0 saturated carbocycles. The van der Waals surface area contributed by atoms with Gasteiger partial charge in [0.15, 0.2) is 0 Å². The predicted octanol–water partition coefficient (Wildman–Crippen LogP) is 2.67. The standard InChI is InChI=1S/C12H21F3N2/c13-12(14,15)5-1-2-6-17-10-3-4-11(17)8-9(16)7-10/h9-11H,1-8,16H2. The molecule has 2 fully saturated rings. The number of hydrogen-bond donors (Lipinski definition) is 1. The molecule has 0 aromatic rings. The van der Waals surface area contributed by atoms with Gasteiger partial charge in [0.2, 0.25) is 0 Å². The van der Waals surface area contributed by atoms with E-state index in [-0.39, 0.29) is 6.42 Å². The van der Waals surface area contributed by atoms with Crippen LogP contribution >= 0.6 is 0 Å². The lowest BCUT2D eigenvalue weighted by molar-refractivity contribution is -0.135. The Bertz CT molecular complexity index is 241. The Kier molecular flexibility index (Phi) is 3.98. The fourth-order valence-corrected chi connectivity index (χ4v) is 3.30. The lowest BCUT2D eigenvalue weighted by atomic mass is 9.98. The highest BCUT2D eigenvalue weighted by Crippen LogP contribution is 2.35. The molecule has 5 heteroatoms. The van der Waals surface area contributed by atoms with Crippen LogP contribution in [0.4, 0.5) is 13.2 Å². The third-order valence-electron chi connectivity index (χ3n) is 4.05. The highest BCUT2D eigenvalue weighted by molar-refractivity contribution is 4.96. The van der Waals surface area contributed by atoms with Crippen LogP contribution in [0.25, 0.3) is 0 Å². The zero-order valence-electron chi connectivity index (χ0n) is 10.0. The zero-order chi connectivity index (χ0) is 12.5. The Hall–Kier alpha value is -0.290. The second kappa shape index (κ2) is 5.14. The number of unbranched alkanes of at least 4 members (excludes halogenated alkanes) is 1. The van der Waals surface area contributed by atoms with E-state index in [0.29, 0.717) is 24.5 Å². The summed E-state index contributed by atoms with van der Waals surface area (Å²) in [4.78, 5) is 2.40. The summed E-state index contributed by atoms with van der Waals surface area (Å²) in [6, 6.07) is 1.38. The van der Waals surface area contributed by atoms with Crippen molar-refractivity contribution in [2.75, 3.05) is 6.54 Å². The molecule has 2 aliphatic heterocycles. The summed E-state index contributed by atoms with van der Waals surface area (Å²) in [5.74, 6) is 0. The SMILES string of the molecule is NC1CC2CCC(C1)N2CCCCC(F)(F)F. The van der Waals surface area contributed by atoms with Crippen LogP contribution in [0.2, 0.25) is 0 Å². The topological polar surface area (TPSA) is 29.3 Å². The minimum Gasteiger partial charge on any atom is -0.328 e. The zero-order valence-corrected chi connectivity index (χ0v) is 10.0. The number of fused-ring (bicyclic) bond motifs is 2. The van der Waals surface area contributed by atoms with Gasteiger partial charge in [0, 0.05) is 24.5 Å². The van der Waals surface area contributed by atoms with Crippen LogP contribution in [-0.4, -0.2) is 35.7 Å². The Morgan fingerprint density at radius 3 is 2.18 bits per heavy atom. The van der Waals surface area contributed by atoms with Crippen molar-refractivity contribution in [3.05, 3.63) is 0 Å². The van der Waals surface area contributed by atoms with Crippen molar-refractivity contribution in [1.82, 2.24) is 4.90 Å². The molecule has 0 aromatic heterocycles. The first kappa shape index (κ1) is 13.1. The molecular weight excluding hydrogens is 229 g/mol. The molecule has 2 N–H and O–H groups in total. The maximum atomic E-state index is 12.0. The Labute approximate surface area is 100 Å². The van der Waals surface area contributed by atoms with Crippen molar-refractivity contribution in [3.8, 4) is 0 Å². The molecule has 0 radical (unpaired) electrons. The summed E-state index contributed by atoms with van der Waals surface area (Å²) in [7, 11) is 0. The number of nitrogens with zero attached hydrogens (tertiary/aromatic N) is 1. The molecule has 2 aliphatic rings.